The zero-order chi connectivity index (χ0) is 24.9. The lowest BCUT2D eigenvalue weighted by Gasteiger charge is -2.27. The van der Waals surface area contributed by atoms with Crippen LogP contribution in [0.25, 0.3) is 0 Å². The van der Waals surface area contributed by atoms with Crippen molar-refractivity contribution in [3.8, 4) is 23.3 Å². The molecule has 0 spiro atoms. The SMILES string of the molecule is CC(C)CCOc1cccc(C2C(C#N)=C(N)Oc3cc(OC(=O)c4ccc(Br)cc4)ccc32)c1. The number of allylic oxidation sites excluding steroid dienone is 1. The van der Waals surface area contributed by atoms with E-state index in [1.165, 1.54) is 0 Å². The van der Waals surface area contributed by atoms with E-state index >= 15 is 0 Å². The number of benzene rings is 3. The Kier molecular flexibility index (Phi) is 7.42. The number of carbonyl (C=O) groups excluding carboxylic acids is 1. The summed E-state index contributed by atoms with van der Waals surface area (Å²) in [5.74, 6) is 1.11. The number of ether oxygens (including phenoxy) is 3. The Morgan fingerprint density at radius 1 is 1.11 bits per heavy atom. The molecule has 35 heavy (non-hydrogen) atoms. The van der Waals surface area contributed by atoms with E-state index in [9.17, 15) is 10.1 Å². The molecule has 0 aromatic heterocycles. The van der Waals surface area contributed by atoms with Crippen LogP contribution in [0.1, 0.15) is 47.7 Å². The molecular weight excluding hydrogens is 508 g/mol. The van der Waals surface area contributed by atoms with E-state index in [1.54, 1.807) is 42.5 Å². The van der Waals surface area contributed by atoms with E-state index in [0.29, 0.717) is 35.2 Å². The molecule has 0 aliphatic carbocycles. The standard InChI is InChI=1S/C28H25BrN2O4/c1-17(2)12-13-33-21-5-3-4-19(14-21)26-23-11-10-22(15-25(23)35-27(31)24(26)16-30)34-28(32)18-6-8-20(29)9-7-18/h3-11,14-15,17,26H,12-13,31H2,1-2H3. The van der Waals surface area contributed by atoms with Crippen LogP contribution in [0.2, 0.25) is 0 Å². The zero-order valence-electron chi connectivity index (χ0n) is 19.5. The minimum atomic E-state index is -0.489. The Balaban J connectivity index is 1.62. The highest BCUT2D eigenvalue weighted by atomic mass is 79.9. The zero-order valence-corrected chi connectivity index (χ0v) is 21.0. The van der Waals surface area contributed by atoms with Gasteiger partial charge < -0.3 is 19.9 Å². The maximum Gasteiger partial charge on any atom is 0.343 e. The average Bonchev–Trinajstić information content (AvgIpc) is 2.83. The van der Waals surface area contributed by atoms with Crippen LogP contribution in [0.4, 0.5) is 0 Å². The maximum atomic E-state index is 12.5. The van der Waals surface area contributed by atoms with Gasteiger partial charge in [0, 0.05) is 16.1 Å². The minimum absolute atomic E-state index is 0.0208. The number of fused-ring (bicyclic) bond motifs is 1. The number of nitriles is 1. The van der Waals surface area contributed by atoms with Gasteiger partial charge in [0.15, 0.2) is 0 Å². The molecule has 6 nitrogen and oxygen atoms in total. The van der Waals surface area contributed by atoms with Gasteiger partial charge in [-0.05, 0) is 60.4 Å². The van der Waals surface area contributed by atoms with Crippen LogP contribution < -0.4 is 19.9 Å². The molecule has 0 saturated carbocycles. The van der Waals surface area contributed by atoms with Crippen LogP contribution in [-0.4, -0.2) is 12.6 Å². The first kappa shape index (κ1) is 24.4. The molecule has 7 heteroatoms. The molecule has 1 atom stereocenters. The number of rotatable bonds is 7. The third kappa shape index (κ3) is 5.67. The fraction of sp³-hybridized carbons (Fsp3) is 0.214. The third-order valence-electron chi connectivity index (χ3n) is 5.64. The van der Waals surface area contributed by atoms with Crippen LogP contribution in [0.5, 0.6) is 17.2 Å². The van der Waals surface area contributed by atoms with E-state index in [-0.39, 0.29) is 5.88 Å². The molecule has 3 aromatic rings. The van der Waals surface area contributed by atoms with Gasteiger partial charge in [-0.25, -0.2) is 4.79 Å². The van der Waals surface area contributed by atoms with Crippen molar-refractivity contribution in [2.45, 2.75) is 26.2 Å². The van der Waals surface area contributed by atoms with E-state index < -0.39 is 11.9 Å². The van der Waals surface area contributed by atoms with Gasteiger partial charge in [0.25, 0.3) is 0 Å². The van der Waals surface area contributed by atoms with Crippen molar-refractivity contribution in [2.24, 2.45) is 11.7 Å². The number of nitrogens with two attached hydrogens (primary N) is 1. The van der Waals surface area contributed by atoms with Crippen LogP contribution in [0.3, 0.4) is 0 Å². The van der Waals surface area contributed by atoms with Crippen molar-refractivity contribution in [1.29, 1.82) is 5.26 Å². The van der Waals surface area contributed by atoms with E-state index in [0.717, 1.165) is 27.8 Å². The number of esters is 1. The van der Waals surface area contributed by atoms with Gasteiger partial charge in [-0.15, -0.1) is 0 Å². The van der Waals surface area contributed by atoms with Crippen molar-refractivity contribution in [3.63, 3.8) is 0 Å². The average molecular weight is 533 g/mol. The Bertz CT molecular complexity index is 1310. The summed E-state index contributed by atoms with van der Waals surface area (Å²) >= 11 is 3.35. The van der Waals surface area contributed by atoms with Crippen molar-refractivity contribution in [3.05, 3.63) is 99.3 Å². The molecule has 1 aliphatic heterocycles. The Labute approximate surface area is 213 Å². The highest BCUT2D eigenvalue weighted by molar-refractivity contribution is 9.10. The summed E-state index contributed by atoms with van der Waals surface area (Å²) in [7, 11) is 0. The Morgan fingerprint density at radius 3 is 2.60 bits per heavy atom. The van der Waals surface area contributed by atoms with E-state index in [4.69, 9.17) is 19.9 Å². The summed E-state index contributed by atoms with van der Waals surface area (Å²) in [6.45, 7) is 4.91. The van der Waals surface area contributed by atoms with Gasteiger partial charge >= 0.3 is 5.97 Å². The number of hydrogen-bond acceptors (Lipinski definition) is 6. The maximum absolute atomic E-state index is 12.5. The van der Waals surface area contributed by atoms with Gasteiger partial charge in [-0.1, -0.05) is 48.0 Å². The van der Waals surface area contributed by atoms with Crippen molar-refractivity contribution >= 4 is 21.9 Å². The summed E-state index contributed by atoms with van der Waals surface area (Å²) < 4.78 is 18.1. The van der Waals surface area contributed by atoms with Crippen molar-refractivity contribution in [2.75, 3.05) is 6.61 Å². The molecule has 2 N–H and O–H groups in total. The summed E-state index contributed by atoms with van der Waals surface area (Å²) in [6.07, 6.45) is 0.947. The van der Waals surface area contributed by atoms with Crippen LogP contribution in [-0.2, 0) is 0 Å². The van der Waals surface area contributed by atoms with E-state index in [2.05, 4.69) is 35.8 Å². The molecule has 1 heterocycles. The third-order valence-corrected chi connectivity index (χ3v) is 6.17. The van der Waals surface area contributed by atoms with Crippen molar-refractivity contribution in [1.82, 2.24) is 0 Å². The smallest absolute Gasteiger partial charge is 0.343 e. The molecule has 0 saturated heterocycles. The second kappa shape index (κ2) is 10.7. The van der Waals surface area contributed by atoms with Crippen LogP contribution in [0, 0.1) is 17.2 Å². The molecule has 0 radical (unpaired) electrons. The number of halogens is 1. The predicted molar refractivity (Wildman–Crippen MR) is 136 cm³/mol. The van der Waals surface area contributed by atoms with Gasteiger partial charge in [-0.3, -0.25) is 0 Å². The van der Waals surface area contributed by atoms with Gasteiger partial charge in [0.1, 0.15) is 28.9 Å². The fourth-order valence-corrected chi connectivity index (χ4v) is 4.05. The summed E-state index contributed by atoms with van der Waals surface area (Å²) in [4.78, 5) is 12.5. The summed E-state index contributed by atoms with van der Waals surface area (Å²) in [6, 6.07) is 21.8. The van der Waals surface area contributed by atoms with Gasteiger partial charge in [0.2, 0.25) is 5.88 Å². The lowest BCUT2D eigenvalue weighted by atomic mass is 9.83. The van der Waals surface area contributed by atoms with Crippen LogP contribution >= 0.6 is 15.9 Å². The normalized spacial score (nSPS) is 14.7. The van der Waals surface area contributed by atoms with Gasteiger partial charge in [-0.2, -0.15) is 5.26 Å². The second-order valence-electron chi connectivity index (χ2n) is 8.62. The fourth-order valence-electron chi connectivity index (χ4n) is 3.79. The lowest BCUT2D eigenvalue weighted by Crippen LogP contribution is -2.21. The quantitative estimate of drug-likeness (QED) is 0.283. The molecule has 0 fully saturated rings. The lowest BCUT2D eigenvalue weighted by molar-refractivity contribution is 0.0734. The predicted octanol–water partition coefficient (Wildman–Crippen LogP) is 6.31. The van der Waals surface area contributed by atoms with Gasteiger partial charge in [0.05, 0.1) is 18.1 Å². The molecule has 1 unspecified atom stereocenters. The minimum Gasteiger partial charge on any atom is -0.494 e. The largest absolute Gasteiger partial charge is 0.494 e. The first-order valence-electron chi connectivity index (χ1n) is 11.3. The summed E-state index contributed by atoms with van der Waals surface area (Å²) in [5.41, 5.74) is 8.47. The molecular formula is C28H25BrN2O4. The monoisotopic (exact) mass is 532 g/mol. The molecule has 0 amide bonds. The molecule has 1 aliphatic rings. The number of hydrogen-bond donors (Lipinski definition) is 1. The summed E-state index contributed by atoms with van der Waals surface area (Å²) in [5, 5.41) is 9.84. The van der Waals surface area contributed by atoms with Crippen LogP contribution in [0.15, 0.2) is 82.7 Å². The van der Waals surface area contributed by atoms with Crippen molar-refractivity contribution < 1.29 is 19.0 Å². The molecule has 0 bridgehead atoms. The molecule has 3 aromatic carbocycles. The van der Waals surface area contributed by atoms with E-state index in [1.807, 2.05) is 24.3 Å². The second-order valence-corrected chi connectivity index (χ2v) is 9.54. The molecule has 178 valence electrons. The topological polar surface area (TPSA) is 94.6 Å². The Hall–Kier alpha value is -3.76. The first-order valence-corrected chi connectivity index (χ1v) is 12.1. The first-order chi connectivity index (χ1) is 16.9. The highest BCUT2D eigenvalue weighted by Crippen LogP contribution is 2.44. The number of nitrogens with zero attached hydrogens (tertiary/aromatic N) is 1. The highest BCUT2D eigenvalue weighted by Gasteiger charge is 2.31. The number of carbonyl (C=O) groups is 1. The molecule has 4 rings (SSSR count). The Morgan fingerprint density at radius 2 is 1.89 bits per heavy atom.